The van der Waals surface area contributed by atoms with Crippen LogP contribution < -0.4 is 0 Å². The van der Waals surface area contributed by atoms with Crippen molar-refractivity contribution in [3.8, 4) is 10.6 Å². The Morgan fingerprint density at radius 2 is 1.95 bits per heavy atom. The molecule has 3 rings (SSSR count). The van der Waals surface area contributed by atoms with E-state index in [1.54, 1.807) is 6.07 Å². The fourth-order valence-corrected chi connectivity index (χ4v) is 3.43. The first-order valence-electron chi connectivity index (χ1n) is 6.34. The maximum atomic E-state index is 11.8. The molecule has 0 radical (unpaired) electrons. The van der Waals surface area contributed by atoms with E-state index in [9.17, 15) is 4.79 Å². The van der Waals surface area contributed by atoms with Crippen LogP contribution in [-0.2, 0) is 0 Å². The van der Waals surface area contributed by atoms with Crippen LogP contribution >= 0.6 is 34.5 Å². The summed E-state index contributed by atoms with van der Waals surface area (Å²) < 4.78 is 0.687. The summed E-state index contributed by atoms with van der Waals surface area (Å²) in [6.45, 7) is 4.02. The number of carbonyl (C=O) groups is 1. The van der Waals surface area contributed by atoms with E-state index in [2.05, 4.69) is 0 Å². The summed E-state index contributed by atoms with van der Waals surface area (Å²) in [5.74, 6) is 0. The highest BCUT2D eigenvalue weighted by molar-refractivity contribution is 7.19. The van der Waals surface area contributed by atoms with Gasteiger partial charge in [0.05, 0.1) is 20.4 Å². The molecule has 0 aliphatic rings. The van der Waals surface area contributed by atoms with Gasteiger partial charge >= 0.3 is 0 Å². The van der Waals surface area contributed by atoms with Crippen molar-refractivity contribution in [2.75, 3.05) is 0 Å². The molecule has 0 saturated carbocycles. The second-order valence-electron chi connectivity index (χ2n) is 4.84. The van der Waals surface area contributed by atoms with E-state index in [0.29, 0.717) is 9.90 Å². The molecule has 0 unspecified atom stereocenters. The Balaban J connectivity index is 2.38. The number of carbonyl (C=O) groups excluding carboxylic acids is 1. The number of fused-ring (bicyclic) bond motifs is 1. The van der Waals surface area contributed by atoms with Gasteiger partial charge in [0.15, 0.2) is 0 Å². The molecule has 5 heteroatoms. The van der Waals surface area contributed by atoms with Crippen molar-refractivity contribution >= 4 is 50.7 Å². The highest BCUT2D eigenvalue weighted by atomic mass is 35.5. The highest BCUT2D eigenvalue weighted by Crippen LogP contribution is 2.33. The summed E-state index contributed by atoms with van der Waals surface area (Å²) in [7, 11) is 0. The summed E-state index contributed by atoms with van der Waals surface area (Å²) in [6, 6.07) is 9.32. The number of thiophene rings is 1. The molecular formula is C16H11Cl2NOS. The van der Waals surface area contributed by atoms with Gasteiger partial charge in [0, 0.05) is 10.9 Å². The topological polar surface area (TPSA) is 30.0 Å². The summed E-state index contributed by atoms with van der Waals surface area (Å²) in [5, 5.41) is 0.305. The van der Waals surface area contributed by atoms with Gasteiger partial charge in [-0.25, -0.2) is 4.98 Å². The number of aromatic nitrogens is 1. The quantitative estimate of drug-likeness (QED) is 0.569. The molecule has 106 valence electrons. The van der Waals surface area contributed by atoms with E-state index >= 15 is 0 Å². The van der Waals surface area contributed by atoms with Crippen LogP contribution in [0.3, 0.4) is 0 Å². The Hall–Kier alpha value is -1.42. The third-order valence-electron chi connectivity index (χ3n) is 3.54. The zero-order valence-corrected chi connectivity index (χ0v) is 13.7. The standard InChI is InChI=1S/C16H11Cl2NOS/c1-8-3-4-10-11(16(18)20)7-12(19-15(10)9(8)2)13-5-6-14(17)21-13/h3-7H,1-2H3. The van der Waals surface area contributed by atoms with Gasteiger partial charge in [-0.2, -0.15) is 0 Å². The van der Waals surface area contributed by atoms with E-state index in [1.807, 2.05) is 38.1 Å². The van der Waals surface area contributed by atoms with Gasteiger partial charge in [0.25, 0.3) is 5.24 Å². The molecular weight excluding hydrogens is 325 g/mol. The van der Waals surface area contributed by atoms with Crippen molar-refractivity contribution < 1.29 is 4.79 Å². The van der Waals surface area contributed by atoms with Gasteiger partial charge < -0.3 is 0 Å². The molecule has 2 heterocycles. The van der Waals surface area contributed by atoms with Gasteiger partial charge in [-0.3, -0.25) is 4.79 Å². The zero-order valence-electron chi connectivity index (χ0n) is 11.4. The fraction of sp³-hybridized carbons (Fsp3) is 0.125. The van der Waals surface area contributed by atoms with Crippen molar-refractivity contribution in [3.05, 3.63) is 51.4 Å². The number of nitrogens with zero attached hydrogens (tertiary/aromatic N) is 1. The van der Waals surface area contributed by atoms with Crippen LogP contribution in [0.15, 0.2) is 30.3 Å². The molecule has 2 nitrogen and oxygen atoms in total. The van der Waals surface area contributed by atoms with Crippen LogP contribution in [0.5, 0.6) is 0 Å². The summed E-state index contributed by atoms with van der Waals surface area (Å²) in [5.41, 5.74) is 4.18. The lowest BCUT2D eigenvalue weighted by Crippen LogP contribution is -1.97. The molecule has 0 bridgehead atoms. The first-order chi connectivity index (χ1) is 9.97. The number of hydrogen-bond acceptors (Lipinski definition) is 3. The van der Waals surface area contributed by atoms with Gasteiger partial charge in [-0.05, 0) is 54.8 Å². The largest absolute Gasteiger partial charge is 0.276 e. The fourth-order valence-electron chi connectivity index (χ4n) is 2.27. The van der Waals surface area contributed by atoms with E-state index in [1.165, 1.54) is 11.3 Å². The molecule has 1 aromatic carbocycles. The van der Waals surface area contributed by atoms with Gasteiger partial charge in [0.2, 0.25) is 0 Å². The molecule has 0 atom stereocenters. The van der Waals surface area contributed by atoms with Gasteiger partial charge in [-0.15, -0.1) is 11.3 Å². The Morgan fingerprint density at radius 3 is 2.57 bits per heavy atom. The Kier molecular flexibility index (Phi) is 3.74. The Morgan fingerprint density at radius 1 is 1.19 bits per heavy atom. The first kappa shape index (κ1) is 14.5. The second-order valence-corrected chi connectivity index (χ2v) is 6.89. The van der Waals surface area contributed by atoms with Crippen molar-refractivity contribution in [1.29, 1.82) is 0 Å². The average Bonchev–Trinajstić information content (AvgIpc) is 2.88. The molecule has 3 aromatic rings. The zero-order chi connectivity index (χ0) is 15.1. The second kappa shape index (κ2) is 5.41. The lowest BCUT2D eigenvalue weighted by atomic mass is 10.0. The molecule has 0 aliphatic carbocycles. The minimum Gasteiger partial charge on any atom is -0.276 e. The average molecular weight is 336 g/mol. The van der Waals surface area contributed by atoms with Gasteiger partial charge in [-0.1, -0.05) is 23.7 Å². The van der Waals surface area contributed by atoms with E-state index in [0.717, 1.165) is 32.6 Å². The third-order valence-corrected chi connectivity index (χ3v) is 5.00. The first-order valence-corrected chi connectivity index (χ1v) is 7.91. The number of hydrogen-bond donors (Lipinski definition) is 0. The molecule has 2 aromatic heterocycles. The van der Waals surface area contributed by atoms with Crippen molar-refractivity contribution in [2.24, 2.45) is 0 Å². The van der Waals surface area contributed by atoms with Crippen LogP contribution in [0.4, 0.5) is 0 Å². The van der Waals surface area contributed by atoms with Crippen molar-refractivity contribution in [2.45, 2.75) is 13.8 Å². The molecule has 0 saturated heterocycles. The van der Waals surface area contributed by atoms with Crippen molar-refractivity contribution in [1.82, 2.24) is 4.98 Å². The monoisotopic (exact) mass is 335 g/mol. The minimum atomic E-state index is -0.477. The van der Waals surface area contributed by atoms with E-state index in [4.69, 9.17) is 28.2 Å². The van der Waals surface area contributed by atoms with E-state index < -0.39 is 5.24 Å². The summed E-state index contributed by atoms with van der Waals surface area (Å²) in [6.07, 6.45) is 0. The Bertz CT molecular complexity index is 870. The van der Waals surface area contributed by atoms with Crippen molar-refractivity contribution in [3.63, 3.8) is 0 Å². The minimum absolute atomic E-state index is 0.476. The smallest absolute Gasteiger partial charge is 0.253 e. The number of halogens is 2. The van der Waals surface area contributed by atoms with Crippen LogP contribution in [0.1, 0.15) is 21.5 Å². The lowest BCUT2D eigenvalue weighted by Gasteiger charge is -2.10. The highest BCUT2D eigenvalue weighted by Gasteiger charge is 2.15. The normalized spacial score (nSPS) is 11.0. The summed E-state index contributed by atoms with van der Waals surface area (Å²) in [4.78, 5) is 17.4. The van der Waals surface area contributed by atoms with Crippen LogP contribution in [0, 0.1) is 13.8 Å². The maximum absolute atomic E-state index is 11.8. The molecule has 0 spiro atoms. The van der Waals surface area contributed by atoms with Crippen LogP contribution in [-0.4, -0.2) is 10.2 Å². The molecule has 0 N–H and O–H groups in total. The molecule has 0 aliphatic heterocycles. The number of rotatable bonds is 2. The maximum Gasteiger partial charge on any atom is 0.253 e. The predicted molar refractivity (Wildman–Crippen MR) is 89.7 cm³/mol. The van der Waals surface area contributed by atoms with Crippen LogP contribution in [0.2, 0.25) is 4.34 Å². The van der Waals surface area contributed by atoms with E-state index in [-0.39, 0.29) is 0 Å². The number of benzene rings is 1. The molecule has 0 fully saturated rings. The lowest BCUT2D eigenvalue weighted by molar-refractivity contribution is 0.108. The molecule has 0 amide bonds. The predicted octanol–water partition coefficient (Wildman–Crippen LogP) is 5.61. The molecule has 21 heavy (non-hydrogen) atoms. The van der Waals surface area contributed by atoms with Crippen LogP contribution in [0.25, 0.3) is 21.5 Å². The third kappa shape index (κ3) is 2.57. The van der Waals surface area contributed by atoms with Gasteiger partial charge in [0.1, 0.15) is 0 Å². The number of aryl methyl sites for hydroxylation is 2. The number of pyridine rings is 1. The summed E-state index contributed by atoms with van der Waals surface area (Å²) >= 11 is 13.2. The SMILES string of the molecule is Cc1ccc2c(C(=O)Cl)cc(-c3ccc(Cl)s3)nc2c1C. The Labute approximate surface area is 136 Å².